The number of carbonyl (C=O) groups excluding carboxylic acids is 1. The molecule has 7 heteroatoms. The zero-order chi connectivity index (χ0) is 18.5. The van der Waals surface area contributed by atoms with Gasteiger partial charge in [0.2, 0.25) is 5.91 Å². The largest absolute Gasteiger partial charge is 0.489 e. The zero-order valence-corrected chi connectivity index (χ0v) is 15.5. The molecule has 6 nitrogen and oxygen atoms in total. The van der Waals surface area contributed by atoms with Gasteiger partial charge in [0.1, 0.15) is 18.5 Å². The van der Waals surface area contributed by atoms with E-state index in [1.165, 1.54) is 11.3 Å². The third kappa shape index (κ3) is 4.63. The topological polar surface area (TPSA) is 69.7 Å². The first-order chi connectivity index (χ1) is 13.3. The lowest BCUT2D eigenvalue weighted by molar-refractivity contribution is -0.115. The molecule has 0 saturated carbocycles. The third-order valence-corrected chi connectivity index (χ3v) is 5.14. The van der Waals surface area contributed by atoms with Crippen LogP contribution in [0.4, 0.5) is 5.13 Å². The van der Waals surface area contributed by atoms with E-state index in [1.54, 1.807) is 0 Å². The van der Waals surface area contributed by atoms with Gasteiger partial charge < -0.3 is 19.5 Å². The summed E-state index contributed by atoms with van der Waals surface area (Å²) in [5.41, 5.74) is 1.77. The summed E-state index contributed by atoms with van der Waals surface area (Å²) in [6.45, 7) is 2.19. The lowest BCUT2D eigenvalue weighted by Gasteiger charge is -2.22. The van der Waals surface area contributed by atoms with Crippen LogP contribution in [0.25, 0.3) is 10.2 Å². The molecule has 3 aromatic rings. The van der Waals surface area contributed by atoms with Crippen molar-refractivity contribution in [3.63, 3.8) is 0 Å². The molecule has 1 N–H and O–H groups in total. The Hall–Kier alpha value is -2.48. The Bertz CT molecular complexity index is 907. The molecule has 1 saturated heterocycles. The Morgan fingerprint density at radius 1 is 1.19 bits per heavy atom. The van der Waals surface area contributed by atoms with E-state index in [-0.39, 0.29) is 12.0 Å². The molecule has 1 atom stereocenters. The second-order valence-corrected chi connectivity index (χ2v) is 7.21. The number of anilines is 1. The van der Waals surface area contributed by atoms with Gasteiger partial charge in [-0.2, -0.15) is 0 Å². The van der Waals surface area contributed by atoms with Crippen LogP contribution in [-0.4, -0.2) is 43.4 Å². The maximum absolute atomic E-state index is 12.3. The van der Waals surface area contributed by atoms with Crippen molar-refractivity contribution in [1.82, 2.24) is 4.98 Å². The molecule has 27 heavy (non-hydrogen) atoms. The molecule has 4 rings (SSSR count). The van der Waals surface area contributed by atoms with Crippen molar-refractivity contribution < 1.29 is 19.0 Å². The minimum absolute atomic E-state index is 0.0630. The van der Waals surface area contributed by atoms with Crippen molar-refractivity contribution in [2.24, 2.45) is 0 Å². The number of rotatable bonds is 6. The quantitative estimate of drug-likeness (QED) is 0.706. The number of carbonyl (C=O) groups is 1. The molecule has 0 aliphatic carbocycles. The molecule has 1 unspecified atom stereocenters. The first kappa shape index (κ1) is 17.9. The van der Waals surface area contributed by atoms with E-state index < -0.39 is 0 Å². The number of ether oxygens (including phenoxy) is 3. The number of amides is 1. The summed E-state index contributed by atoms with van der Waals surface area (Å²) >= 11 is 1.41. The molecule has 0 spiro atoms. The average molecular weight is 384 g/mol. The smallest absolute Gasteiger partial charge is 0.230 e. The lowest BCUT2D eigenvalue weighted by Crippen LogP contribution is -2.33. The Balaban J connectivity index is 1.43. The van der Waals surface area contributed by atoms with Crippen LogP contribution in [0.5, 0.6) is 5.75 Å². The van der Waals surface area contributed by atoms with Crippen LogP contribution in [0.15, 0.2) is 48.5 Å². The highest BCUT2D eigenvalue weighted by atomic mass is 32.1. The normalized spacial score (nSPS) is 17.0. The van der Waals surface area contributed by atoms with Gasteiger partial charge in [-0.15, -0.1) is 0 Å². The summed E-state index contributed by atoms with van der Waals surface area (Å²) in [5.74, 6) is 0.651. The Morgan fingerprint density at radius 2 is 2.07 bits per heavy atom. The summed E-state index contributed by atoms with van der Waals surface area (Å²) in [4.78, 5) is 16.8. The van der Waals surface area contributed by atoms with Crippen LogP contribution < -0.4 is 10.1 Å². The van der Waals surface area contributed by atoms with Gasteiger partial charge in [0.05, 0.1) is 36.5 Å². The highest BCUT2D eigenvalue weighted by Crippen LogP contribution is 2.34. The van der Waals surface area contributed by atoms with Crippen LogP contribution in [0.1, 0.15) is 5.56 Å². The fraction of sp³-hybridized carbons (Fsp3) is 0.300. The monoisotopic (exact) mass is 384 g/mol. The fourth-order valence-electron chi connectivity index (χ4n) is 2.85. The summed E-state index contributed by atoms with van der Waals surface area (Å²) in [7, 11) is 0. The molecule has 1 amide bonds. The molecule has 140 valence electrons. The van der Waals surface area contributed by atoms with Crippen molar-refractivity contribution in [3.05, 3.63) is 54.1 Å². The van der Waals surface area contributed by atoms with Crippen molar-refractivity contribution in [2.45, 2.75) is 12.5 Å². The van der Waals surface area contributed by atoms with Crippen LogP contribution in [0.2, 0.25) is 0 Å². The van der Waals surface area contributed by atoms with Gasteiger partial charge in [0.25, 0.3) is 0 Å². The molecule has 1 fully saturated rings. The first-order valence-corrected chi connectivity index (χ1v) is 9.65. The van der Waals surface area contributed by atoms with Crippen LogP contribution in [0.3, 0.4) is 0 Å². The van der Waals surface area contributed by atoms with Gasteiger partial charge in [0, 0.05) is 0 Å². The number of nitrogens with zero attached hydrogens (tertiary/aromatic N) is 1. The van der Waals surface area contributed by atoms with Gasteiger partial charge in [-0.1, -0.05) is 47.7 Å². The molecule has 0 bridgehead atoms. The van der Waals surface area contributed by atoms with Crippen LogP contribution in [-0.2, 0) is 20.7 Å². The Kier molecular flexibility index (Phi) is 5.62. The highest BCUT2D eigenvalue weighted by molar-refractivity contribution is 7.22. The molecule has 0 radical (unpaired) electrons. The SMILES string of the molecule is O=C(Cc1ccccc1)Nc1nc2cccc(OCC3COCCO3)c2s1. The van der Waals surface area contributed by atoms with Gasteiger partial charge in [-0.3, -0.25) is 4.79 Å². The highest BCUT2D eigenvalue weighted by Gasteiger charge is 2.17. The van der Waals surface area contributed by atoms with Crippen molar-refractivity contribution in [1.29, 1.82) is 0 Å². The molecule has 1 aromatic heterocycles. The lowest BCUT2D eigenvalue weighted by atomic mass is 10.1. The van der Waals surface area contributed by atoms with E-state index in [1.807, 2.05) is 48.5 Å². The van der Waals surface area contributed by atoms with Gasteiger partial charge in [-0.05, 0) is 17.7 Å². The molecule has 1 aliphatic rings. The second kappa shape index (κ2) is 8.47. The Labute approximate surface area is 161 Å². The third-order valence-electron chi connectivity index (χ3n) is 4.14. The molecule has 2 aromatic carbocycles. The number of aromatic nitrogens is 1. The van der Waals surface area contributed by atoms with Crippen molar-refractivity contribution >= 4 is 32.6 Å². The molecular weight excluding hydrogens is 364 g/mol. The summed E-state index contributed by atoms with van der Waals surface area (Å²) in [5, 5.41) is 3.45. The van der Waals surface area contributed by atoms with Crippen molar-refractivity contribution in [2.75, 3.05) is 31.7 Å². The standard InChI is InChI=1S/C20H20N2O4S/c23-18(11-14-5-2-1-3-6-14)22-20-21-16-7-4-8-17(19(16)27-20)26-13-15-12-24-9-10-25-15/h1-8,15H,9-13H2,(H,21,22,23). The fourth-order valence-corrected chi connectivity index (χ4v) is 3.80. The number of thiazole rings is 1. The van der Waals surface area contributed by atoms with E-state index in [9.17, 15) is 4.79 Å². The number of hydrogen-bond donors (Lipinski definition) is 1. The number of nitrogens with one attached hydrogen (secondary N) is 1. The Morgan fingerprint density at radius 3 is 2.89 bits per heavy atom. The predicted octanol–water partition coefficient (Wildman–Crippen LogP) is 3.27. The maximum atomic E-state index is 12.3. The van der Waals surface area contributed by atoms with E-state index >= 15 is 0 Å². The molecular formula is C20H20N2O4S. The van der Waals surface area contributed by atoms with Crippen LogP contribution in [0, 0.1) is 0 Å². The zero-order valence-electron chi connectivity index (χ0n) is 14.7. The molecule has 1 aliphatic heterocycles. The van der Waals surface area contributed by atoms with Crippen LogP contribution >= 0.6 is 11.3 Å². The minimum Gasteiger partial charge on any atom is -0.489 e. The van der Waals surface area contributed by atoms with E-state index in [0.29, 0.717) is 38.0 Å². The maximum Gasteiger partial charge on any atom is 0.230 e. The minimum atomic E-state index is -0.0875. The first-order valence-electron chi connectivity index (χ1n) is 8.83. The summed E-state index contributed by atoms with van der Waals surface area (Å²) in [6.07, 6.45) is 0.256. The van der Waals surface area contributed by atoms with E-state index in [2.05, 4.69) is 10.3 Å². The number of fused-ring (bicyclic) bond motifs is 1. The second-order valence-electron chi connectivity index (χ2n) is 6.21. The number of benzene rings is 2. The van der Waals surface area contributed by atoms with Gasteiger partial charge in [0.15, 0.2) is 5.13 Å². The summed E-state index contributed by atoms with van der Waals surface area (Å²) in [6, 6.07) is 15.3. The van der Waals surface area contributed by atoms with E-state index in [0.717, 1.165) is 21.5 Å². The summed E-state index contributed by atoms with van der Waals surface area (Å²) < 4.78 is 17.8. The van der Waals surface area contributed by atoms with Crippen molar-refractivity contribution in [3.8, 4) is 5.75 Å². The average Bonchev–Trinajstić information content (AvgIpc) is 3.10. The van der Waals surface area contributed by atoms with Gasteiger partial charge >= 0.3 is 0 Å². The predicted molar refractivity (Wildman–Crippen MR) is 104 cm³/mol. The number of hydrogen-bond acceptors (Lipinski definition) is 6. The van der Waals surface area contributed by atoms with Gasteiger partial charge in [-0.25, -0.2) is 4.98 Å². The van der Waals surface area contributed by atoms with E-state index in [4.69, 9.17) is 14.2 Å². The molecule has 2 heterocycles.